The zero-order valence-corrected chi connectivity index (χ0v) is 27.6. The summed E-state index contributed by atoms with van der Waals surface area (Å²) in [5, 5.41) is 0.633. The summed E-state index contributed by atoms with van der Waals surface area (Å²) in [6, 6.07) is 17.0. The molecule has 47 heavy (non-hydrogen) atoms. The lowest BCUT2D eigenvalue weighted by Crippen LogP contribution is -2.58. The number of halogens is 2. The van der Waals surface area contributed by atoms with E-state index in [1.165, 1.54) is 12.1 Å². The second-order valence-corrected chi connectivity index (χ2v) is 15.4. The van der Waals surface area contributed by atoms with Crippen molar-refractivity contribution in [1.29, 1.82) is 0 Å². The number of sulfonamides is 1. The summed E-state index contributed by atoms with van der Waals surface area (Å²) in [6.07, 6.45) is 3.42. The molecule has 9 nitrogen and oxygen atoms in total. The standard InChI is InChI=1S/C35H38ClFN4O5S/c36-30-4-2-1-3-24(30)19-27-21-35(13-14-40(27)22-32(42)39-15-17-46-18-16-39)29-20-25(34(38)43)7-12-31(29)41(33(35)23-5-6-23)47(44,45)28-10-8-26(37)9-11-28/h1-4,7-12,20,23,27,33H,5-6,13-19,21-22H2,(H2,38,43). The number of carbonyl (C=O) groups is 2. The molecule has 0 aromatic heterocycles. The number of likely N-dealkylation sites (tertiary alicyclic amines) is 1. The first-order chi connectivity index (χ1) is 22.6. The SMILES string of the molecule is NC(=O)c1ccc2c(c1)C1(CCN(CC(=O)N3CCOCC3)C(Cc3ccccc3Cl)C1)C(C1CC1)N2S(=O)(=O)c1ccc(F)cc1. The molecule has 12 heteroatoms. The Bertz CT molecular complexity index is 1800. The Hall–Kier alpha value is -3.51. The predicted molar refractivity (Wildman–Crippen MR) is 176 cm³/mol. The summed E-state index contributed by atoms with van der Waals surface area (Å²) in [5.41, 5.74) is 7.66. The summed E-state index contributed by atoms with van der Waals surface area (Å²) >= 11 is 6.68. The van der Waals surface area contributed by atoms with E-state index >= 15 is 0 Å². The van der Waals surface area contributed by atoms with Crippen molar-refractivity contribution >= 4 is 39.1 Å². The summed E-state index contributed by atoms with van der Waals surface area (Å²) in [5.74, 6) is -0.979. The zero-order chi connectivity index (χ0) is 32.9. The lowest BCUT2D eigenvalue weighted by Gasteiger charge is -2.49. The van der Waals surface area contributed by atoms with Gasteiger partial charge in [-0.15, -0.1) is 0 Å². The largest absolute Gasteiger partial charge is 0.378 e. The van der Waals surface area contributed by atoms with Crippen LogP contribution in [0.1, 0.15) is 47.2 Å². The molecule has 3 unspecified atom stereocenters. The molecular formula is C35H38ClFN4O5S. The van der Waals surface area contributed by atoms with Crippen molar-refractivity contribution in [1.82, 2.24) is 9.80 Å². The average molecular weight is 681 g/mol. The minimum Gasteiger partial charge on any atom is -0.378 e. The van der Waals surface area contributed by atoms with Gasteiger partial charge < -0.3 is 15.4 Å². The molecule has 2 saturated heterocycles. The third kappa shape index (κ3) is 5.92. The highest BCUT2D eigenvalue weighted by atomic mass is 35.5. The van der Waals surface area contributed by atoms with Crippen LogP contribution in [-0.4, -0.2) is 81.5 Å². The summed E-state index contributed by atoms with van der Waals surface area (Å²) in [6.45, 7) is 2.89. The number of nitrogens with zero attached hydrogens (tertiary/aromatic N) is 3. The van der Waals surface area contributed by atoms with E-state index in [2.05, 4.69) is 4.90 Å². The number of amides is 2. The van der Waals surface area contributed by atoms with Crippen molar-refractivity contribution in [2.24, 2.45) is 11.7 Å². The predicted octanol–water partition coefficient (Wildman–Crippen LogP) is 4.37. The Morgan fingerprint density at radius 2 is 1.72 bits per heavy atom. The van der Waals surface area contributed by atoms with Gasteiger partial charge >= 0.3 is 0 Å². The fourth-order valence-corrected chi connectivity index (χ4v) is 9.98. The van der Waals surface area contributed by atoms with Gasteiger partial charge in [-0.2, -0.15) is 0 Å². The van der Waals surface area contributed by atoms with Crippen LogP contribution >= 0.6 is 11.6 Å². The highest BCUT2D eigenvalue weighted by Crippen LogP contribution is 2.60. The van der Waals surface area contributed by atoms with Gasteiger partial charge in [0.05, 0.1) is 36.4 Å². The Labute approximate surface area is 279 Å². The molecule has 3 fully saturated rings. The average Bonchev–Trinajstić information content (AvgIpc) is 3.87. The summed E-state index contributed by atoms with van der Waals surface area (Å²) < 4.78 is 50.0. The van der Waals surface area contributed by atoms with E-state index in [0.29, 0.717) is 68.4 Å². The molecule has 1 spiro atoms. The highest BCUT2D eigenvalue weighted by molar-refractivity contribution is 7.92. The number of ether oxygens (including phenoxy) is 1. The van der Waals surface area contributed by atoms with E-state index in [4.69, 9.17) is 22.1 Å². The first-order valence-corrected chi connectivity index (χ1v) is 18.0. The number of primary amides is 1. The van der Waals surface area contributed by atoms with Gasteiger partial charge in [0.2, 0.25) is 11.8 Å². The second-order valence-electron chi connectivity index (χ2n) is 13.2. The van der Waals surface area contributed by atoms with Crippen molar-refractivity contribution in [3.63, 3.8) is 0 Å². The lowest BCUT2D eigenvalue weighted by molar-refractivity contribution is -0.137. The lowest BCUT2D eigenvalue weighted by atomic mass is 9.65. The van der Waals surface area contributed by atoms with Crippen molar-refractivity contribution in [2.45, 2.75) is 54.5 Å². The monoisotopic (exact) mass is 680 g/mol. The molecule has 7 rings (SSSR count). The number of rotatable bonds is 8. The third-order valence-electron chi connectivity index (χ3n) is 10.4. The van der Waals surface area contributed by atoms with Crippen LogP contribution in [0.2, 0.25) is 5.02 Å². The molecule has 3 aliphatic heterocycles. The topological polar surface area (TPSA) is 113 Å². The molecule has 2 N–H and O–H groups in total. The Morgan fingerprint density at radius 3 is 2.40 bits per heavy atom. The molecule has 2 amide bonds. The molecular weight excluding hydrogens is 643 g/mol. The maximum Gasteiger partial charge on any atom is 0.264 e. The van der Waals surface area contributed by atoms with Gasteiger partial charge in [0.25, 0.3) is 10.0 Å². The van der Waals surface area contributed by atoms with Crippen LogP contribution in [0, 0.1) is 11.7 Å². The maximum atomic E-state index is 14.5. The van der Waals surface area contributed by atoms with Crippen molar-refractivity contribution in [2.75, 3.05) is 43.7 Å². The molecule has 0 bridgehead atoms. The van der Waals surface area contributed by atoms with Crippen LogP contribution in [0.25, 0.3) is 0 Å². The smallest absolute Gasteiger partial charge is 0.264 e. The van der Waals surface area contributed by atoms with Crippen LogP contribution in [0.3, 0.4) is 0 Å². The first kappa shape index (κ1) is 32.1. The maximum absolute atomic E-state index is 14.5. The molecule has 3 atom stereocenters. The van der Waals surface area contributed by atoms with Gasteiger partial charge in [0.1, 0.15) is 5.82 Å². The number of fused-ring (bicyclic) bond motifs is 2. The van der Waals surface area contributed by atoms with Gasteiger partial charge in [-0.25, -0.2) is 12.8 Å². The molecule has 248 valence electrons. The summed E-state index contributed by atoms with van der Waals surface area (Å²) in [7, 11) is -4.12. The van der Waals surface area contributed by atoms with Crippen LogP contribution in [0.4, 0.5) is 10.1 Å². The molecule has 4 aliphatic rings. The van der Waals surface area contributed by atoms with E-state index in [-0.39, 0.29) is 29.3 Å². The third-order valence-corrected chi connectivity index (χ3v) is 12.6. The number of nitrogens with two attached hydrogens (primary N) is 1. The van der Waals surface area contributed by atoms with Gasteiger partial charge in [-0.05, 0) is 104 Å². The Kier molecular flexibility index (Phi) is 8.53. The highest BCUT2D eigenvalue weighted by Gasteiger charge is 2.61. The van der Waals surface area contributed by atoms with Gasteiger partial charge in [0.15, 0.2) is 0 Å². The first-order valence-electron chi connectivity index (χ1n) is 16.2. The van der Waals surface area contributed by atoms with Crippen LogP contribution in [0.5, 0.6) is 0 Å². The number of anilines is 1. The zero-order valence-electron chi connectivity index (χ0n) is 26.0. The van der Waals surface area contributed by atoms with Crippen molar-refractivity contribution in [3.8, 4) is 0 Å². The van der Waals surface area contributed by atoms with Gasteiger partial charge in [-0.3, -0.25) is 18.8 Å². The molecule has 1 saturated carbocycles. The molecule has 0 radical (unpaired) electrons. The quantitative estimate of drug-likeness (QED) is 0.378. The number of benzene rings is 3. The number of hydrogen-bond donors (Lipinski definition) is 1. The molecule has 1 aliphatic carbocycles. The minimum atomic E-state index is -4.12. The Morgan fingerprint density at radius 1 is 1.00 bits per heavy atom. The number of hydrogen-bond acceptors (Lipinski definition) is 6. The van der Waals surface area contributed by atoms with E-state index in [1.54, 1.807) is 22.5 Å². The van der Waals surface area contributed by atoms with Gasteiger partial charge in [-0.1, -0.05) is 29.8 Å². The van der Waals surface area contributed by atoms with E-state index in [1.807, 2.05) is 29.2 Å². The van der Waals surface area contributed by atoms with E-state index in [9.17, 15) is 22.4 Å². The van der Waals surface area contributed by atoms with E-state index in [0.717, 1.165) is 36.1 Å². The van der Waals surface area contributed by atoms with Gasteiger partial charge in [0, 0.05) is 35.1 Å². The fraction of sp³-hybridized carbons (Fsp3) is 0.429. The minimum absolute atomic E-state index is 0.00712. The van der Waals surface area contributed by atoms with Crippen LogP contribution < -0.4 is 10.0 Å². The number of morpholine rings is 1. The van der Waals surface area contributed by atoms with Crippen molar-refractivity contribution < 1.29 is 27.1 Å². The molecule has 3 heterocycles. The fourth-order valence-electron chi connectivity index (χ4n) is 7.97. The Balaban J connectivity index is 1.33. The van der Waals surface area contributed by atoms with Crippen LogP contribution in [0.15, 0.2) is 71.6 Å². The molecule has 3 aromatic rings. The van der Waals surface area contributed by atoms with E-state index < -0.39 is 33.2 Å². The normalized spacial score (nSPS) is 24.8. The molecule has 3 aromatic carbocycles. The second kappa shape index (κ2) is 12.5. The van der Waals surface area contributed by atoms with Crippen molar-refractivity contribution in [3.05, 3.63) is 94.3 Å². The number of carbonyl (C=O) groups excluding carboxylic acids is 2. The summed E-state index contributed by atoms with van der Waals surface area (Å²) in [4.78, 5) is 30.1. The number of piperidine rings is 1. The van der Waals surface area contributed by atoms with Crippen LogP contribution in [-0.2, 0) is 31.4 Å².